The van der Waals surface area contributed by atoms with Crippen LogP contribution in [-0.4, -0.2) is 29.5 Å². The van der Waals surface area contributed by atoms with Crippen LogP contribution in [0.2, 0.25) is 0 Å². The molecule has 1 aliphatic heterocycles. The number of carbonyl (C=O) groups is 1. The lowest BCUT2D eigenvalue weighted by atomic mass is 10.1. The average molecular weight is 393 g/mol. The zero-order valence-electron chi connectivity index (χ0n) is 15.8. The minimum Gasteiger partial charge on any atom is -0.497 e. The van der Waals surface area contributed by atoms with Crippen LogP contribution in [0.4, 0.5) is 11.4 Å². The zero-order chi connectivity index (χ0) is 20.5. The lowest BCUT2D eigenvalue weighted by Crippen LogP contribution is -2.29. The first-order chi connectivity index (χ1) is 14.0. The lowest BCUT2D eigenvalue weighted by Gasteiger charge is -2.17. The van der Waals surface area contributed by atoms with Gasteiger partial charge in [0, 0.05) is 41.6 Å². The number of methoxy groups -OCH3 is 1. The summed E-state index contributed by atoms with van der Waals surface area (Å²) in [7, 11) is 1.57. The fourth-order valence-corrected chi connectivity index (χ4v) is 3.66. The molecular formula is C21H19N3O5. The number of aromatic nitrogens is 1. The first-order valence-electron chi connectivity index (χ1n) is 9.24. The Hall–Kier alpha value is -3.68. The molecule has 0 spiro atoms. The number of anilines is 1. The molecule has 2 aromatic carbocycles. The van der Waals surface area contributed by atoms with Gasteiger partial charge in [-0.1, -0.05) is 6.07 Å². The Balaban J connectivity index is 1.54. The summed E-state index contributed by atoms with van der Waals surface area (Å²) in [6.45, 7) is 0.487. The summed E-state index contributed by atoms with van der Waals surface area (Å²) in [5.74, 6) is 0.524. The van der Waals surface area contributed by atoms with Gasteiger partial charge in [-0.05, 0) is 42.7 Å². The number of aryl methyl sites for hydroxylation is 1. The molecule has 4 rings (SSSR count). The Labute approximate surface area is 165 Å². The molecule has 0 bridgehead atoms. The topological polar surface area (TPSA) is 106 Å². The van der Waals surface area contributed by atoms with Gasteiger partial charge in [-0.3, -0.25) is 19.7 Å². The molecule has 8 nitrogen and oxygen atoms in total. The van der Waals surface area contributed by atoms with Crippen LogP contribution in [0, 0.1) is 10.1 Å². The summed E-state index contributed by atoms with van der Waals surface area (Å²) in [4.78, 5) is 40.1. The van der Waals surface area contributed by atoms with Gasteiger partial charge < -0.3 is 14.6 Å². The van der Waals surface area contributed by atoms with Crippen LogP contribution in [0.25, 0.3) is 10.9 Å². The van der Waals surface area contributed by atoms with E-state index in [4.69, 9.17) is 4.74 Å². The second-order valence-corrected chi connectivity index (χ2v) is 6.94. The Morgan fingerprint density at radius 2 is 2.07 bits per heavy atom. The van der Waals surface area contributed by atoms with Crippen molar-refractivity contribution in [2.24, 2.45) is 0 Å². The van der Waals surface area contributed by atoms with E-state index in [0.29, 0.717) is 35.5 Å². The molecule has 1 amide bonds. The van der Waals surface area contributed by atoms with Crippen LogP contribution < -0.4 is 15.2 Å². The largest absolute Gasteiger partial charge is 0.497 e. The maximum Gasteiger partial charge on any atom is 0.271 e. The van der Waals surface area contributed by atoms with Crippen molar-refractivity contribution in [3.8, 4) is 5.75 Å². The number of nitrogens with one attached hydrogen (secondary N) is 1. The first-order valence-corrected chi connectivity index (χ1v) is 9.24. The molecule has 29 heavy (non-hydrogen) atoms. The van der Waals surface area contributed by atoms with E-state index in [0.717, 1.165) is 10.9 Å². The van der Waals surface area contributed by atoms with Gasteiger partial charge in [0.05, 0.1) is 17.7 Å². The number of hydrogen-bond donors (Lipinski definition) is 1. The van der Waals surface area contributed by atoms with Crippen LogP contribution in [0.5, 0.6) is 5.75 Å². The zero-order valence-corrected chi connectivity index (χ0v) is 15.8. The third-order valence-electron chi connectivity index (χ3n) is 5.21. The van der Waals surface area contributed by atoms with Gasteiger partial charge in [0.2, 0.25) is 5.91 Å². The summed E-state index contributed by atoms with van der Waals surface area (Å²) >= 11 is 0. The second-order valence-electron chi connectivity index (χ2n) is 6.94. The maximum atomic E-state index is 12.8. The molecular weight excluding hydrogens is 374 g/mol. The number of H-pyrrole nitrogens is 1. The SMILES string of the molecule is COc1ccc2[nH]c(=O)c(CCC(=O)N3CCc4ccc([N+](=O)[O-])cc43)cc2c1. The van der Waals surface area contributed by atoms with E-state index < -0.39 is 4.92 Å². The van der Waals surface area contributed by atoms with Crippen molar-refractivity contribution in [3.05, 3.63) is 74.1 Å². The van der Waals surface area contributed by atoms with E-state index in [-0.39, 0.29) is 30.0 Å². The highest BCUT2D eigenvalue weighted by atomic mass is 16.6. The Morgan fingerprint density at radius 1 is 1.24 bits per heavy atom. The predicted molar refractivity (Wildman–Crippen MR) is 109 cm³/mol. The number of fused-ring (bicyclic) bond motifs is 2. The minimum absolute atomic E-state index is 0.0385. The van der Waals surface area contributed by atoms with E-state index in [2.05, 4.69) is 4.98 Å². The van der Waals surface area contributed by atoms with E-state index >= 15 is 0 Å². The van der Waals surface area contributed by atoms with Crippen LogP contribution in [0.3, 0.4) is 0 Å². The highest BCUT2D eigenvalue weighted by Crippen LogP contribution is 2.32. The normalized spacial score (nSPS) is 12.8. The van der Waals surface area contributed by atoms with Crippen molar-refractivity contribution in [1.29, 1.82) is 0 Å². The number of hydrogen-bond acceptors (Lipinski definition) is 5. The van der Waals surface area contributed by atoms with Crippen molar-refractivity contribution in [2.45, 2.75) is 19.3 Å². The summed E-state index contributed by atoms with van der Waals surface area (Å²) in [6, 6.07) is 11.7. The monoisotopic (exact) mass is 393 g/mol. The van der Waals surface area contributed by atoms with Crippen molar-refractivity contribution < 1.29 is 14.5 Å². The van der Waals surface area contributed by atoms with Gasteiger partial charge in [-0.2, -0.15) is 0 Å². The quantitative estimate of drug-likeness (QED) is 0.530. The molecule has 8 heteroatoms. The van der Waals surface area contributed by atoms with Gasteiger partial charge in [0.1, 0.15) is 5.75 Å². The molecule has 0 radical (unpaired) electrons. The molecule has 1 N–H and O–H groups in total. The van der Waals surface area contributed by atoms with Gasteiger partial charge >= 0.3 is 0 Å². The van der Waals surface area contributed by atoms with Gasteiger partial charge in [0.15, 0.2) is 0 Å². The molecule has 148 valence electrons. The summed E-state index contributed by atoms with van der Waals surface area (Å²) in [6.07, 6.45) is 1.08. The van der Waals surface area contributed by atoms with Gasteiger partial charge in [-0.25, -0.2) is 0 Å². The Bertz CT molecular complexity index is 1180. The number of amides is 1. The fraction of sp³-hybridized carbons (Fsp3) is 0.238. The fourth-order valence-electron chi connectivity index (χ4n) is 3.66. The van der Waals surface area contributed by atoms with Gasteiger partial charge in [-0.15, -0.1) is 0 Å². The average Bonchev–Trinajstić information content (AvgIpc) is 3.15. The number of ether oxygens (including phenoxy) is 1. The lowest BCUT2D eigenvalue weighted by molar-refractivity contribution is -0.384. The van der Waals surface area contributed by atoms with Crippen LogP contribution >= 0.6 is 0 Å². The number of nitro groups is 1. The highest BCUT2D eigenvalue weighted by molar-refractivity contribution is 5.96. The van der Waals surface area contributed by atoms with Crippen molar-refractivity contribution in [1.82, 2.24) is 4.98 Å². The molecule has 0 aliphatic carbocycles. The van der Waals surface area contributed by atoms with Crippen LogP contribution in [0.1, 0.15) is 17.5 Å². The number of nitro benzene ring substituents is 1. The number of aromatic amines is 1. The van der Waals surface area contributed by atoms with Gasteiger partial charge in [0.25, 0.3) is 11.2 Å². The van der Waals surface area contributed by atoms with Crippen LogP contribution in [0.15, 0.2) is 47.3 Å². The molecule has 3 aromatic rings. The van der Waals surface area contributed by atoms with E-state index in [1.807, 2.05) is 6.07 Å². The molecule has 1 aliphatic rings. The number of non-ortho nitro benzene ring substituents is 1. The summed E-state index contributed by atoms with van der Waals surface area (Å²) in [5.41, 5.74) is 2.45. The third-order valence-corrected chi connectivity index (χ3v) is 5.21. The van der Waals surface area contributed by atoms with Crippen molar-refractivity contribution in [3.63, 3.8) is 0 Å². The highest BCUT2D eigenvalue weighted by Gasteiger charge is 2.26. The summed E-state index contributed by atoms with van der Waals surface area (Å²) < 4.78 is 5.22. The number of carbonyl (C=O) groups excluding carboxylic acids is 1. The van der Waals surface area contributed by atoms with Crippen LogP contribution in [-0.2, 0) is 17.6 Å². The molecule has 0 unspecified atom stereocenters. The first kappa shape index (κ1) is 18.7. The maximum absolute atomic E-state index is 12.8. The number of benzene rings is 2. The number of nitrogens with zero attached hydrogens (tertiary/aromatic N) is 2. The number of pyridine rings is 1. The van der Waals surface area contributed by atoms with Crippen molar-refractivity contribution in [2.75, 3.05) is 18.6 Å². The second kappa shape index (κ2) is 7.38. The molecule has 0 saturated heterocycles. The standard InChI is InChI=1S/C21H19N3O5/c1-29-17-5-6-18-15(11-17)10-14(21(26)22-18)3-7-20(25)23-9-8-13-2-4-16(24(27)28)12-19(13)23/h2,4-6,10-12H,3,7-9H2,1H3,(H,22,26). The third kappa shape index (κ3) is 3.56. The minimum atomic E-state index is -0.468. The predicted octanol–water partition coefficient (Wildman–Crippen LogP) is 2.97. The molecule has 2 heterocycles. The number of rotatable bonds is 5. The Kier molecular flexibility index (Phi) is 4.75. The van der Waals surface area contributed by atoms with E-state index in [9.17, 15) is 19.7 Å². The van der Waals surface area contributed by atoms with E-state index in [1.165, 1.54) is 12.1 Å². The summed E-state index contributed by atoms with van der Waals surface area (Å²) in [5, 5.41) is 11.9. The van der Waals surface area contributed by atoms with Crippen molar-refractivity contribution >= 4 is 28.2 Å². The molecule has 0 saturated carbocycles. The smallest absolute Gasteiger partial charge is 0.271 e. The molecule has 0 atom stereocenters. The molecule has 0 fully saturated rings. The van der Waals surface area contributed by atoms with E-state index in [1.54, 1.807) is 36.3 Å². The molecule has 1 aromatic heterocycles. The Morgan fingerprint density at radius 3 is 2.83 bits per heavy atom.